The van der Waals surface area contributed by atoms with Gasteiger partial charge in [-0.25, -0.2) is 0 Å². The van der Waals surface area contributed by atoms with Gasteiger partial charge in [-0.1, -0.05) is 115 Å². The van der Waals surface area contributed by atoms with Gasteiger partial charge >= 0.3 is 0 Å². The molecule has 10 rings (SSSR count). The molecule has 2 heteroatoms. The average Bonchev–Trinajstić information content (AvgIpc) is 3.20. The number of benzene rings is 10. The highest BCUT2D eigenvalue weighted by Crippen LogP contribution is 2.45. The van der Waals surface area contributed by atoms with Gasteiger partial charge in [0.25, 0.3) is 0 Å². The zero-order valence-corrected chi connectivity index (χ0v) is 27.7. The summed E-state index contributed by atoms with van der Waals surface area (Å²) in [6.45, 7) is 0. The van der Waals surface area contributed by atoms with E-state index in [2.05, 4.69) is 169 Å². The van der Waals surface area contributed by atoms with Crippen LogP contribution in [0.5, 0.6) is 0 Å². The van der Waals surface area contributed by atoms with Crippen molar-refractivity contribution in [3.63, 3.8) is 0 Å². The highest BCUT2D eigenvalue weighted by Gasteiger charge is 2.19. The molecule has 0 radical (unpaired) electrons. The van der Waals surface area contributed by atoms with Crippen LogP contribution in [0.4, 0.5) is 17.1 Å². The zero-order chi connectivity index (χ0) is 33.9. The number of rotatable bonds is 5. The zero-order valence-electron chi connectivity index (χ0n) is 27.7. The molecule has 0 aliphatic heterocycles. The summed E-state index contributed by atoms with van der Waals surface area (Å²) >= 11 is 0. The SMILES string of the molecule is N#Cc1ccc(N(c2ccc3ccccc3c2)c2ccc(-c3cc4ccc5cc(-c6ccccc6)cc6ccc(c3)c4c56)c3ccccc23)cc1. The van der Waals surface area contributed by atoms with Crippen molar-refractivity contribution >= 4 is 70.9 Å². The number of hydrogen-bond donors (Lipinski definition) is 0. The van der Waals surface area contributed by atoms with E-state index >= 15 is 0 Å². The third-order valence-electron chi connectivity index (χ3n) is 10.3. The van der Waals surface area contributed by atoms with Gasteiger partial charge in [-0.05, 0) is 137 Å². The summed E-state index contributed by atoms with van der Waals surface area (Å²) in [5.41, 5.74) is 8.67. The first-order chi connectivity index (χ1) is 25.2. The molecule has 0 atom stereocenters. The first-order valence-corrected chi connectivity index (χ1v) is 17.3. The number of hydrogen-bond acceptors (Lipinski definition) is 2. The molecule has 0 aliphatic rings. The van der Waals surface area contributed by atoms with Crippen molar-refractivity contribution < 1.29 is 0 Å². The van der Waals surface area contributed by atoms with Crippen LogP contribution in [0.3, 0.4) is 0 Å². The Morgan fingerprint density at radius 1 is 0.373 bits per heavy atom. The lowest BCUT2D eigenvalue weighted by Gasteiger charge is -2.28. The molecular weight excluding hydrogens is 617 g/mol. The molecule has 0 unspecified atom stereocenters. The molecular formula is C49H30N2. The minimum absolute atomic E-state index is 0.642. The van der Waals surface area contributed by atoms with Gasteiger partial charge in [0.2, 0.25) is 0 Å². The van der Waals surface area contributed by atoms with E-state index < -0.39 is 0 Å². The van der Waals surface area contributed by atoms with Crippen LogP contribution in [0.15, 0.2) is 182 Å². The fourth-order valence-corrected chi connectivity index (χ4v) is 7.95. The highest BCUT2D eigenvalue weighted by molar-refractivity contribution is 6.25. The Morgan fingerprint density at radius 3 is 1.59 bits per heavy atom. The molecule has 51 heavy (non-hydrogen) atoms. The summed E-state index contributed by atoms with van der Waals surface area (Å²) in [6.07, 6.45) is 0. The minimum Gasteiger partial charge on any atom is -0.310 e. The lowest BCUT2D eigenvalue weighted by Crippen LogP contribution is -2.10. The van der Waals surface area contributed by atoms with Crippen LogP contribution < -0.4 is 4.90 Å². The highest BCUT2D eigenvalue weighted by atomic mass is 15.1. The Kier molecular flexibility index (Phi) is 6.59. The second kappa shape index (κ2) is 11.6. The molecule has 2 nitrogen and oxygen atoms in total. The molecule has 0 heterocycles. The van der Waals surface area contributed by atoms with Crippen molar-refractivity contribution in [1.29, 1.82) is 5.26 Å². The minimum atomic E-state index is 0.642. The molecule has 0 fully saturated rings. The van der Waals surface area contributed by atoms with Crippen LogP contribution in [0.2, 0.25) is 0 Å². The monoisotopic (exact) mass is 646 g/mol. The topological polar surface area (TPSA) is 27.0 Å². The van der Waals surface area contributed by atoms with Gasteiger partial charge in [0, 0.05) is 16.8 Å². The molecule has 0 aromatic heterocycles. The van der Waals surface area contributed by atoms with Gasteiger partial charge in [-0.2, -0.15) is 5.26 Å². The normalized spacial score (nSPS) is 11.5. The first-order valence-electron chi connectivity index (χ1n) is 17.3. The van der Waals surface area contributed by atoms with Gasteiger partial charge in [0.15, 0.2) is 0 Å². The van der Waals surface area contributed by atoms with E-state index in [0.717, 1.165) is 22.4 Å². The molecule has 0 N–H and O–H groups in total. The summed E-state index contributed by atoms with van der Waals surface area (Å²) in [4.78, 5) is 2.31. The van der Waals surface area contributed by atoms with Crippen LogP contribution in [-0.4, -0.2) is 0 Å². The van der Waals surface area contributed by atoms with Crippen molar-refractivity contribution in [2.75, 3.05) is 4.90 Å². The lowest BCUT2D eigenvalue weighted by atomic mass is 9.88. The Labute approximate surface area is 296 Å². The third-order valence-corrected chi connectivity index (χ3v) is 10.3. The second-order valence-corrected chi connectivity index (χ2v) is 13.3. The fraction of sp³-hybridized carbons (Fsp3) is 0. The van der Waals surface area contributed by atoms with Crippen LogP contribution >= 0.6 is 0 Å². The van der Waals surface area contributed by atoms with Crippen LogP contribution in [-0.2, 0) is 0 Å². The number of fused-ring (bicyclic) bond motifs is 2. The van der Waals surface area contributed by atoms with E-state index in [1.54, 1.807) is 0 Å². The third kappa shape index (κ3) is 4.79. The molecule has 0 bridgehead atoms. The molecule has 0 aliphatic carbocycles. The van der Waals surface area contributed by atoms with E-state index in [1.807, 2.05) is 24.3 Å². The van der Waals surface area contributed by atoms with Gasteiger partial charge in [-0.3, -0.25) is 0 Å². The van der Waals surface area contributed by atoms with Crippen molar-refractivity contribution in [1.82, 2.24) is 0 Å². The van der Waals surface area contributed by atoms with Crippen LogP contribution in [0.25, 0.3) is 76.1 Å². The number of anilines is 3. The molecule has 0 amide bonds. The maximum Gasteiger partial charge on any atom is 0.0991 e. The second-order valence-electron chi connectivity index (χ2n) is 13.3. The van der Waals surface area contributed by atoms with Crippen LogP contribution in [0, 0.1) is 11.3 Å². The summed E-state index contributed by atoms with van der Waals surface area (Å²) in [6, 6.07) is 67.6. The van der Waals surface area contributed by atoms with Gasteiger partial charge < -0.3 is 4.90 Å². The molecule has 10 aromatic carbocycles. The summed E-state index contributed by atoms with van der Waals surface area (Å²) in [5.74, 6) is 0. The number of nitriles is 1. The maximum atomic E-state index is 9.54. The Morgan fingerprint density at radius 2 is 0.922 bits per heavy atom. The molecule has 0 spiro atoms. The van der Waals surface area contributed by atoms with Crippen molar-refractivity contribution in [3.8, 4) is 28.3 Å². The molecule has 0 saturated heterocycles. The standard InChI is InChI=1S/C49H30N2/c50-31-32-14-21-42(22-15-32)51(43-23-20-34-10-4-5-11-35(34)30-43)47-25-24-44(45-12-6-7-13-46(45)47)41-28-38-18-16-36-26-40(33-8-2-1-3-9-33)27-37-17-19-39(29-41)49(38)48(36)37/h1-30H. The van der Waals surface area contributed by atoms with Crippen molar-refractivity contribution in [2.45, 2.75) is 0 Å². The smallest absolute Gasteiger partial charge is 0.0991 e. The molecule has 0 saturated carbocycles. The Balaban J connectivity index is 1.15. The van der Waals surface area contributed by atoms with E-state index in [9.17, 15) is 5.26 Å². The molecule has 10 aromatic rings. The molecule has 236 valence electrons. The first kappa shape index (κ1) is 29.0. The summed E-state index contributed by atoms with van der Waals surface area (Å²) in [7, 11) is 0. The Hall–Kier alpha value is -6.95. The lowest BCUT2D eigenvalue weighted by molar-refractivity contribution is 1.30. The quantitative estimate of drug-likeness (QED) is 0.174. The van der Waals surface area contributed by atoms with E-state index in [1.165, 1.54) is 70.7 Å². The van der Waals surface area contributed by atoms with E-state index in [-0.39, 0.29) is 0 Å². The van der Waals surface area contributed by atoms with Gasteiger partial charge in [0.1, 0.15) is 0 Å². The predicted octanol–water partition coefficient (Wildman–Crippen LogP) is 13.6. The van der Waals surface area contributed by atoms with Gasteiger partial charge in [-0.15, -0.1) is 0 Å². The number of nitrogens with zero attached hydrogens (tertiary/aromatic N) is 2. The van der Waals surface area contributed by atoms with Crippen LogP contribution in [0.1, 0.15) is 5.56 Å². The van der Waals surface area contributed by atoms with E-state index in [0.29, 0.717) is 5.56 Å². The van der Waals surface area contributed by atoms with Crippen molar-refractivity contribution in [2.24, 2.45) is 0 Å². The van der Waals surface area contributed by atoms with Gasteiger partial charge in [0.05, 0.1) is 17.3 Å². The largest absolute Gasteiger partial charge is 0.310 e. The van der Waals surface area contributed by atoms with Crippen molar-refractivity contribution in [3.05, 3.63) is 188 Å². The predicted molar refractivity (Wildman–Crippen MR) is 215 cm³/mol. The van der Waals surface area contributed by atoms with E-state index in [4.69, 9.17) is 0 Å². The fourth-order valence-electron chi connectivity index (χ4n) is 7.95. The summed E-state index contributed by atoms with van der Waals surface area (Å²) < 4.78 is 0. The summed E-state index contributed by atoms with van der Waals surface area (Å²) in [5, 5.41) is 21.9. The Bertz CT molecular complexity index is 2900. The average molecular weight is 647 g/mol. The maximum absolute atomic E-state index is 9.54.